The summed E-state index contributed by atoms with van der Waals surface area (Å²) in [5, 5.41) is 9.52. The standard InChI is InChI=1S/C14H19NO3/c1-10(16)11-3-4-14(18-2)12(7-11)8-15-6-5-13(17)9-15/h3-4,7,13,17H,5-6,8-9H2,1-2H3/t13-/m1/s1. The average molecular weight is 249 g/mol. The fourth-order valence-corrected chi connectivity index (χ4v) is 2.32. The summed E-state index contributed by atoms with van der Waals surface area (Å²) in [6, 6.07) is 5.49. The summed E-state index contributed by atoms with van der Waals surface area (Å²) < 4.78 is 5.32. The summed E-state index contributed by atoms with van der Waals surface area (Å²) in [7, 11) is 1.63. The molecule has 0 bridgehead atoms. The Labute approximate surface area is 107 Å². The van der Waals surface area contributed by atoms with Gasteiger partial charge in [-0.1, -0.05) is 0 Å². The highest BCUT2D eigenvalue weighted by Crippen LogP contribution is 2.23. The molecule has 1 atom stereocenters. The summed E-state index contributed by atoms with van der Waals surface area (Å²) in [5.41, 5.74) is 1.70. The van der Waals surface area contributed by atoms with E-state index in [9.17, 15) is 9.90 Å². The zero-order valence-electron chi connectivity index (χ0n) is 10.8. The molecule has 1 fully saturated rings. The summed E-state index contributed by atoms with van der Waals surface area (Å²) in [5.74, 6) is 0.849. The molecule has 0 amide bonds. The smallest absolute Gasteiger partial charge is 0.159 e. The number of aliphatic hydroxyl groups excluding tert-OH is 1. The SMILES string of the molecule is COc1ccc(C(C)=O)cc1CN1CC[C@@H](O)C1. The van der Waals surface area contributed by atoms with Crippen LogP contribution in [0.3, 0.4) is 0 Å². The van der Waals surface area contributed by atoms with Gasteiger partial charge in [0.05, 0.1) is 13.2 Å². The molecule has 0 spiro atoms. The molecule has 0 saturated carbocycles. The van der Waals surface area contributed by atoms with Crippen molar-refractivity contribution in [1.82, 2.24) is 4.90 Å². The van der Waals surface area contributed by atoms with Crippen molar-refractivity contribution in [1.29, 1.82) is 0 Å². The van der Waals surface area contributed by atoms with Crippen molar-refractivity contribution in [3.8, 4) is 5.75 Å². The molecule has 1 aliphatic rings. The Hall–Kier alpha value is -1.39. The molecule has 4 heteroatoms. The Morgan fingerprint density at radius 2 is 2.33 bits per heavy atom. The number of Topliss-reactive ketones (excluding diaryl/α,β-unsaturated/α-hetero) is 1. The van der Waals surface area contributed by atoms with Crippen LogP contribution in [0.25, 0.3) is 0 Å². The van der Waals surface area contributed by atoms with E-state index in [0.717, 1.165) is 24.3 Å². The largest absolute Gasteiger partial charge is 0.496 e. The lowest BCUT2D eigenvalue weighted by Gasteiger charge is -2.17. The van der Waals surface area contributed by atoms with Crippen molar-refractivity contribution in [2.45, 2.75) is 26.0 Å². The highest BCUT2D eigenvalue weighted by Gasteiger charge is 2.21. The van der Waals surface area contributed by atoms with Crippen LogP contribution < -0.4 is 4.74 Å². The van der Waals surface area contributed by atoms with Crippen LogP contribution in [0.15, 0.2) is 18.2 Å². The normalized spacial score (nSPS) is 20.1. The lowest BCUT2D eigenvalue weighted by Crippen LogP contribution is -2.22. The number of methoxy groups -OCH3 is 1. The quantitative estimate of drug-likeness (QED) is 0.821. The number of nitrogens with zero attached hydrogens (tertiary/aromatic N) is 1. The maximum absolute atomic E-state index is 11.4. The third-order valence-corrected chi connectivity index (χ3v) is 3.33. The molecule has 1 N–H and O–H groups in total. The van der Waals surface area contributed by atoms with E-state index in [4.69, 9.17) is 4.74 Å². The van der Waals surface area contributed by atoms with Crippen LogP contribution in [-0.4, -0.2) is 42.1 Å². The molecule has 1 aromatic carbocycles. The minimum absolute atomic E-state index is 0.0559. The first-order valence-electron chi connectivity index (χ1n) is 6.18. The van der Waals surface area contributed by atoms with Gasteiger partial charge in [0.15, 0.2) is 5.78 Å². The molecule has 1 aromatic rings. The van der Waals surface area contributed by atoms with Gasteiger partial charge in [-0.15, -0.1) is 0 Å². The van der Waals surface area contributed by atoms with E-state index < -0.39 is 0 Å². The van der Waals surface area contributed by atoms with Crippen LogP contribution >= 0.6 is 0 Å². The molecule has 0 aromatic heterocycles. The number of benzene rings is 1. The molecule has 2 rings (SSSR count). The Kier molecular flexibility index (Phi) is 3.99. The molecule has 0 aliphatic carbocycles. The van der Waals surface area contributed by atoms with Crippen LogP contribution in [0.1, 0.15) is 29.3 Å². The second-order valence-corrected chi connectivity index (χ2v) is 4.76. The predicted molar refractivity (Wildman–Crippen MR) is 68.9 cm³/mol. The van der Waals surface area contributed by atoms with Gasteiger partial charge in [0, 0.05) is 30.8 Å². The molecule has 4 nitrogen and oxygen atoms in total. The maximum atomic E-state index is 11.4. The van der Waals surface area contributed by atoms with Crippen molar-refractivity contribution in [3.63, 3.8) is 0 Å². The van der Waals surface area contributed by atoms with E-state index >= 15 is 0 Å². The zero-order chi connectivity index (χ0) is 13.1. The monoisotopic (exact) mass is 249 g/mol. The number of hydrogen-bond acceptors (Lipinski definition) is 4. The van der Waals surface area contributed by atoms with Crippen molar-refractivity contribution in [2.24, 2.45) is 0 Å². The Morgan fingerprint density at radius 3 is 2.89 bits per heavy atom. The number of likely N-dealkylation sites (tertiary alicyclic amines) is 1. The number of carbonyl (C=O) groups is 1. The van der Waals surface area contributed by atoms with Gasteiger partial charge in [-0.3, -0.25) is 9.69 Å². The molecular weight excluding hydrogens is 230 g/mol. The Morgan fingerprint density at radius 1 is 1.56 bits per heavy atom. The van der Waals surface area contributed by atoms with Crippen LogP contribution in [0.2, 0.25) is 0 Å². The Balaban J connectivity index is 2.18. The highest BCUT2D eigenvalue weighted by molar-refractivity contribution is 5.94. The van der Waals surface area contributed by atoms with Crippen LogP contribution in [0, 0.1) is 0 Å². The third kappa shape index (κ3) is 2.89. The van der Waals surface area contributed by atoms with E-state index in [1.165, 1.54) is 0 Å². The van der Waals surface area contributed by atoms with Crippen LogP contribution in [-0.2, 0) is 6.54 Å². The third-order valence-electron chi connectivity index (χ3n) is 3.33. The highest BCUT2D eigenvalue weighted by atomic mass is 16.5. The van der Waals surface area contributed by atoms with Gasteiger partial charge >= 0.3 is 0 Å². The van der Waals surface area contributed by atoms with Crippen LogP contribution in [0.5, 0.6) is 5.75 Å². The lowest BCUT2D eigenvalue weighted by atomic mass is 10.1. The van der Waals surface area contributed by atoms with Crippen molar-refractivity contribution >= 4 is 5.78 Å². The van der Waals surface area contributed by atoms with Gasteiger partial charge < -0.3 is 9.84 Å². The fraction of sp³-hybridized carbons (Fsp3) is 0.500. The number of carbonyl (C=O) groups excluding carboxylic acids is 1. The first-order valence-corrected chi connectivity index (χ1v) is 6.18. The number of hydrogen-bond donors (Lipinski definition) is 1. The summed E-state index contributed by atoms with van der Waals surface area (Å²) >= 11 is 0. The van der Waals surface area contributed by atoms with Gasteiger partial charge in [-0.2, -0.15) is 0 Å². The molecule has 0 radical (unpaired) electrons. The number of rotatable bonds is 4. The zero-order valence-corrected chi connectivity index (χ0v) is 10.8. The Bertz CT molecular complexity index is 445. The molecule has 1 heterocycles. The summed E-state index contributed by atoms with van der Waals surface area (Å²) in [4.78, 5) is 13.6. The second-order valence-electron chi connectivity index (χ2n) is 4.76. The first-order chi connectivity index (χ1) is 8.60. The van der Waals surface area contributed by atoms with E-state index in [2.05, 4.69) is 4.90 Å². The number of ether oxygens (including phenoxy) is 1. The number of aliphatic hydroxyl groups is 1. The van der Waals surface area contributed by atoms with Gasteiger partial charge in [-0.25, -0.2) is 0 Å². The summed E-state index contributed by atoms with van der Waals surface area (Å²) in [6.45, 7) is 3.84. The van der Waals surface area contributed by atoms with Gasteiger partial charge in [0.1, 0.15) is 5.75 Å². The second kappa shape index (κ2) is 5.50. The van der Waals surface area contributed by atoms with Gasteiger partial charge in [0.25, 0.3) is 0 Å². The molecular formula is C14H19NO3. The fourth-order valence-electron chi connectivity index (χ4n) is 2.32. The van der Waals surface area contributed by atoms with Crippen molar-refractivity contribution < 1.29 is 14.6 Å². The molecule has 18 heavy (non-hydrogen) atoms. The minimum Gasteiger partial charge on any atom is -0.496 e. The average Bonchev–Trinajstić information content (AvgIpc) is 2.74. The van der Waals surface area contributed by atoms with Crippen LogP contribution in [0.4, 0.5) is 0 Å². The van der Waals surface area contributed by atoms with E-state index in [-0.39, 0.29) is 11.9 Å². The topological polar surface area (TPSA) is 49.8 Å². The summed E-state index contributed by atoms with van der Waals surface area (Å²) in [6.07, 6.45) is 0.585. The molecule has 0 unspecified atom stereocenters. The molecule has 1 saturated heterocycles. The van der Waals surface area contributed by atoms with Crippen molar-refractivity contribution in [2.75, 3.05) is 20.2 Å². The van der Waals surface area contributed by atoms with E-state index in [1.54, 1.807) is 20.1 Å². The van der Waals surface area contributed by atoms with Gasteiger partial charge in [0.2, 0.25) is 0 Å². The number of ketones is 1. The predicted octanol–water partition coefficient (Wildman–Crippen LogP) is 1.46. The van der Waals surface area contributed by atoms with Gasteiger partial charge in [-0.05, 0) is 31.5 Å². The maximum Gasteiger partial charge on any atom is 0.159 e. The van der Waals surface area contributed by atoms with Crippen molar-refractivity contribution in [3.05, 3.63) is 29.3 Å². The first kappa shape index (κ1) is 13.1. The molecule has 1 aliphatic heterocycles. The van der Waals surface area contributed by atoms with E-state index in [1.807, 2.05) is 12.1 Å². The van der Waals surface area contributed by atoms with E-state index in [0.29, 0.717) is 18.7 Å². The lowest BCUT2D eigenvalue weighted by molar-refractivity contribution is 0.101. The number of β-amino-alcohol motifs (C(OH)–C–C–N with tert-alkyl or cyclic N) is 1. The minimum atomic E-state index is -0.230. The molecule has 98 valence electrons.